The molecule has 0 aliphatic rings. The van der Waals surface area contributed by atoms with Crippen molar-refractivity contribution in [1.29, 1.82) is 0 Å². The summed E-state index contributed by atoms with van der Waals surface area (Å²) in [4.78, 5) is 13.1. The van der Waals surface area contributed by atoms with Gasteiger partial charge in [0, 0.05) is 16.6 Å². The van der Waals surface area contributed by atoms with E-state index in [0.717, 1.165) is 16.0 Å². The standard InChI is InChI=1S/C21H20N2O3S2/c1-15-5-11-20(16(2)14-15)23-28(25,26)19-9-6-17(7-10-19)22-21(24)12-8-18-4-3-13-27-18/h3-14,23H,1-2H3,(H,22,24). The van der Waals surface area contributed by atoms with Crippen molar-refractivity contribution < 1.29 is 13.2 Å². The molecule has 144 valence electrons. The fourth-order valence-corrected chi connectivity index (χ4v) is 4.33. The summed E-state index contributed by atoms with van der Waals surface area (Å²) in [6.45, 7) is 3.81. The largest absolute Gasteiger partial charge is 0.323 e. The number of nitrogens with one attached hydrogen (secondary N) is 2. The summed E-state index contributed by atoms with van der Waals surface area (Å²) in [5, 5.41) is 4.65. The lowest BCUT2D eigenvalue weighted by Crippen LogP contribution is -2.14. The minimum Gasteiger partial charge on any atom is -0.323 e. The van der Waals surface area contributed by atoms with E-state index >= 15 is 0 Å². The molecule has 0 bridgehead atoms. The Bertz CT molecular complexity index is 1100. The third-order valence-electron chi connectivity index (χ3n) is 4.00. The molecule has 0 radical (unpaired) electrons. The number of hydrogen-bond donors (Lipinski definition) is 2. The molecule has 0 fully saturated rings. The highest BCUT2D eigenvalue weighted by Gasteiger charge is 2.15. The van der Waals surface area contributed by atoms with Gasteiger partial charge in [0.15, 0.2) is 0 Å². The molecule has 2 N–H and O–H groups in total. The minimum atomic E-state index is -3.71. The van der Waals surface area contributed by atoms with Gasteiger partial charge in [0.25, 0.3) is 10.0 Å². The summed E-state index contributed by atoms with van der Waals surface area (Å²) in [7, 11) is -3.71. The number of anilines is 2. The van der Waals surface area contributed by atoms with Crippen LogP contribution in [0.3, 0.4) is 0 Å². The number of carbonyl (C=O) groups excluding carboxylic acids is 1. The summed E-state index contributed by atoms with van der Waals surface area (Å²) in [6.07, 6.45) is 3.17. The van der Waals surface area contributed by atoms with Gasteiger partial charge in [-0.15, -0.1) is 11.3 Å². The van der Waals surface area contributed by atoms with Crippen LogP contribution in [0.2, 0.25) is 0 Å². The van der Waals surface area contributed by atoms with Crippen molar-refractivity contribution in [2.75, 3.05) is 10.0 Å². The van der Waals surface area contributed by atoms with Gasteiger partial charge >= 0.3 is 0 Å². The molecule has 0 unspecified atom stereocenters. The van der Waals surface area contributed by atoms with E-state index in [1.54, 1.807) is 24.3 Å². The van der Waals surface area contributed by atoms with Crippen molar-refractivity contribution in [2.24, 2.45) is 0 Å². The SMILES string of the molecule is Cc1ccc(NS(=O)(=O)c2ccc(NC(=O)C=Cc3cccs3)cc2)c(C)c1. The first kappa shape index (κ1) is 19.9. The molecule has 1 aromatic heterocycles. The molecule has 5 nitrogen and oxygen atoms in total. The number of hydrogen-bond acceptors (Lipinski definition) is 4. The molecule has 2 aromatic carbocycles. The molecule has 0 aliphatic heterocycles. The van der Waals surface area contributed by atoms with E-state index in [4.69, 9.17) is 0 Å². The molecule has 1 amide bonds. The van der Waals surface area contributed by atoms with Crippen molar-refractivity contribution in [2.45, 2.75) is 18.7 Å². The highest BCUT2D eigenvalue weighted by Crippen LogP contribution is 2.22. The van der Waals surface area contributed by atoms with E-state index in [1.165, 1.54) is 29.5 Å². The highest BCUT2D eigenvalue weighted by molar-refractivity contribution is 7.92. The van der Waals surface area contributed by atoms with E-state index in [0.29, 0.717) is 11.4 Å². The first-order valence-electron chi connectivity index (χ1n) is 8.56. The van der Waals surface area contributed by atoms with E-state index in [1.807, 2.05) is 43.5 Å². The Balaban J connectivity index is 1.68. The predicted octanol–water partition coefficient (Wildman–Crippen LogP) is 4.82. The number of carbonyl (C=O) groups is 1. The zero-order valence-corrected chi connectivity index (χ0v) is 17.1. The van der Waals surface area contributed by atoms with Crippen LogP contribution in [0.1, 0.15) is 16.0 Å². The van der Waals surface area contributed by atoms with E-state index < -0.39 is 10.0 Å². The molecule has 7 heteroatoms. The number of amides is 1. The van der Waals surface area contributed by atoms with Crippen molar-refractivity contribution in [3.63, 3.8) is 0 Å². The fraction of sp³-hybridized carbons (Fsp3) is 0.0952. The van der Waals surface area contributed by atoms with Crippen molar-refractivity contribution in [1.82, 2.24) is 0 Å². The first-order valence-corrected chi connectivity index (χ1v) is 10.9. The van der Waals surface area contributed by atoms with Crippen LogP contribution in [0, 0.1) is 13.8 Å². The maximum absolute atomic E-state index is 12.6. The normalized spacial score (nSPS) is 11.5. The van der Waals surface area contributed by atoms with E-state index in [-0.39, 0.29) is 10.8 Å². The zero-order valence-electron chi connectivity index (χ0n) is 15.5. The van der Waals surface area contributed by atoms with Crippen molar-refractivity contribution in [3.8, 4) is 0 Å². The lowest BCUT2D eigenvalue weighted by molar-refractivity contribution is -0.111. The minimum absolute atomic E-state index is 0.125. The number of thiophene rings is 1. The van der Waals surface area contributed by atoms with Gasteiger partial charge in [-0.3, -0.25) is 9.52 Å². The molecular weight excluding hydrogens is 392 g/mol. The van der Waals surface area contributed by atoms with Crippen molar-refractivity contribution in [3.05, 3.63) is 82.1 Å². The Labute approximate surface area is 168 Å². The highest BCUT2D eigenvalue weighted by atomic mass is 32.2. The van der Waals surface area contributed by atoms with Gasteiger partial charge in [-0.25, -0.2) is 8.42 Å². The van der Waals surface area contributed by atoms with Gasteiger partial charge in [0.1, 0.15) is 0 Å². The third-order valence-corrected chi connectivity index (χ3v) is 6.22. The summed E-state index contributed by atoms with van der Waals surface area (Å²) in [5.74, 6) is -0.280. The molecule has 28 heavy (non-hydrogen) atoms. The van der Waals surface area contributed by atoms with Gasteiger partial charge in [-0.1, -0.05) is 23.8 Å². The molecule has 0 saturated carbocycles. The van der Waals surface area contributed by atoms with Crippen LogP contribution in [-0.2, 0) is 14.8 Å². The predicted molar refractivity (Wildman–Crippen MR) is 115 cm³/mol. The van der Waals surface area contributed by atoms with Crippen molar-refractivity contribution >= 4 is 44.7 Å². The summed E-state index contributed by atoms with van der Waals surface area (Å²) >= 11 is 1.54. The monoisotopic (exact) mass is 412 g/mol. The Morgan fingerprint density at radius 2 is 1.79 bits per heavy atom. The molecule has 3 rings (SSSR count). The topological polar surface area (TPSA) is 75.3 Å². The molecule has 1 heterocycles. The number of benzene rings is 2. The van der Waals surface area contributed by atoms with Crippen LogP contribution in [0.25, 0.3) is 6.08 Å². The first-order chi connectivity index (χ1) is 13.3. The van der Waals surface area contributed by atoms with Crippen LogP contribution < -0.4 is 10.0 Å². The van der Waals surface area contributed by atoms with E-state index in [2.05, 4.69) is 10.0 Å². The molecule has 3 aromatic rings. The zero-order chi connectivity index (χ0) is 20.1. The Morgan fingerprint density at radius 1 is 1.04 bits per heavy atom. The average molecular weight is 413 g/mol. The number of aryl methyl sites for hydroxylation is 2. The van der Waals surface area contributed by atoms with Crippen LogP contribution in [-0.4, -0.2) is 14.3 Å². The summed E-state index contributed by atoms with van der Waals surface area (Å²) < 4.78 is 27.8. The molecule has 0 spiro atoms. The van der Waals surface area contributed by atoms with Gasteiger partial charge in [0.05, 0.1) is 10.6 Å². The van der Waals surface area contributed by atoms with E-state index in [9.17, 15) is 13.2 Å². The van der Waals surface area contributed by atoms with Gasteiger partial charge < -0.3 is 5.32 Å². The summed E-state index contributed by atoms with van der Waals surface area (Å²) in [6, 6.07) is 15.4. The van der Waals surface area contributed by atoms with Crippen LogP contribution in [0.5, 0.6) is 0 Å². The van der Waals surface area contributed by atoms with Gasteiger partial charge in [-0.2, -0.15) is 0 Å². The molecule has 0 atom stereocenters. The molecule has 0 aliphatic carbocycles. The molecule has 0 saturated heterocycles. The van der Waals surface area contributed by atoms with Crippen LogP contribution >= 0.6 is 11.3 Å². The Kier molecular flexibility index (Phi) is 5.96. The van der Waals surface area contributed by atoms with Crippen LogP contribution in [0.4, 0.5) is 11.4 Å². The lowest BCUT2D eigenvalue weighted by Gasteiger charge is -2.11. The summed E-state index contributed by atoms with van der Waals surface area (Å²) in [5.41, 5.74) is 2.98. The lowest BCUT2D eigenvalue weighted by atomic mass is 10.1. The maximum atomic E-state index is 12.6. The second kappa shape index (κ2) is 8.41. The number of sulfonamides is 1. The quantitative estimate of drug-likeness (QED) is 0.570. The van der Waals surface area contributed by atoms with Crippen LogP contribution in [0.15, 0.2) is 70.9 Å². The Morgan fingerprint density at radius 3 is 2.43 bits per heavy atom. The molecular formula is C21H20N2O3S2. The Hall–Kier alpha value is -2.90. The van der Waals surface area contributed by atoms with Gasteiger partial charge in [0.2, 0.25) is 5.91 Å². The average Bonchev–Trinajstić information content (AvgIpc) is 3.16. The second-order valence-corrected chi connectivity index (χ2v) is 8.95. The fourth-order valence-electron chi connectivity index (χ4n) is 2.58. The third kappa shape index (κ3) is 5.09. The number of rotatable bonds is 6. The smallest absolute Gasteiger partial charge is 0.261 e. The maximum Gasteiger partial charge on any atom is 0.261 e. The second-order valence-electron chi connectivity index (χ2n) is 6.29. The van der Waals surface area contributed by atoms with Gasteiger partial charge in [-0.05, 0) is 67.3 Å².